The average Bonchev–Trinajstić information content (AvgIpc) is 3.01. The Labute approximate surface area is 225 Å². The van der Waals surface area contributed by atoms with Gasteiger partial charge in [-0.1, -0.05) is 152 Å². The van der Waals surface area contributed by atoms with Crippen molar-refractivity contribution in [2.45, 2.75) is 12.8 Å². The van der Waals surface area contributed by atoms with Crippen LogP contribution in [0.4, 0.5) is 0 Å². The number of rotatable bonds is 10. The zero-order valence-electron chi connectivity index (χ0n) is 21.1. The molecule has 38 heavy (non-hydrogen) atoms. The second kappa shape index (κ2) is 12.1. The van der Waals surface area contributed by atoms with Gasteiger partial charge in [0.1, 0.15) is 0 Å². The van der Waals surface area contributed by atoms with E-state index in [0.717, 1.165) is 26.8 Å². The van der Waals surface area contributed by atoms with Crippen LogP contribution in [0.5, 0.6) is 0 Å². The molecule has 0 bridgehead atoms. The fourth-order valence-electron chi connectivity index (χ4n) is 4.67. The Morgan fingerprint density at radius 3 is 1.29 bits per heavy atom. The van der Waals surface area contributed by atoms with Crippen molar-refractivity contribution in [2.75, 3.05) is 0 Å². The third kappa shape index (κ3) is 5.56. The van der Waals surface area contributed by atoms with E-state index < -0.39 is 8.32 Å². The maximum Gasteiger partial charge on any atom is 0.380 e. The molecule has 0 aliphatic carbocycles. The summed E-state index contributed by atoms with van der Waals surface area (Å²) in [5.74, 6) is 0.0897. The highest BCUT2D eigenvalue weighted by Gasteiger charge is 2.45. The molecule has 186 valence electrons. The normalized spacial score (nSPS) is 11.6. The van der Waals surface area contributed by atoms with Crippen LogP contribution in [0.3, 0.4) is 0 Å². The van der Waals surface area contributed by atoms with Gasteiger partial charge in [-0.05, 0) is 21.1 Å². The number of benzene rings is 5. The van der Waals surface area contributed by atoms with Gasteiger partial charge in [0.05, 0.1) is 5.71 Å². The molecular weight excluding hydrogens is 482 g/mol. The number of ketones is 1. The van der Waals surface area contributed by atoms with Gasteiger partial charge in [0, 0.05) is 18.4 Å². The van der Waals surface area contributed by atoms with Crippen molar-refractivity contribution >= 4 is 35.4 Å². The highest BCUT2D eigenvalue weighted by atomic mass is 28.4. The molecule has 0 radical (unpaired) electrons. The molecule has 0 atom stereocenters. The summed E-state index contributed by atoms with van der Waals surface area (Å²) >= 11 is 0. The van der Waals surface area contributed by atoms with Gasteiger partial charge in [0.25, 0.3) is 0 Å². The summed E-state index contributed by atoms with van der Waals surface area (Å²) in [4.78, 5) is 13.0. The third-order valence-corrected chi connectivity index (χ3v) is 10.4. The molecule has 0 unspecified atom stereocenters. The maximum absolute atomic E-state index is 13.0. The Morgan fingerprint density at radius 2 is 0.868 bits per heavy atom. The molecule has 0 aromatic heterocycles. The first kappa shape index (κ1) is 25.1. The molecule has 0 amide bonds. The van der Waals surface area contributed by atoms with E-state index in [1.165, 1.54) is 0 Å². The van der Waals surface area contributed by atoms with Crippen LogP contribution in [0.2, 0.25) is 0 Å². The summed E-state index contributed by atoms with van der Waals surface area (Å²) in [6.07, 6.45) is 0.818. The fourth-order valence-corrected chi connectivity index (χ4v) is 8.22. The van der Waals surface area contributed by atoms with Crippen molar-refractivity contribution in [3.63, 3.8) is 0 Å². The minimum Gasteiger partial charge on any atom is -0.438 e. The minimum atomic E-state index is -3.01. The number of Topliss-reactive ketones (excluding diaryl/α,β-unsaturated/α-hetero) is 1. The van der Waals surface area contributed by atoms with E-state index in [1.807, 2.05) is 115 Å². The van der Waals surface area contributed by atoms with Gasteiger partial charge in [-0.3, -0.25) is 4.79 Å². The van der Waals surface area contributed by atoms with Crippen molar-refractivity contribution in [3.05, 3.63) is 163 Å². The lowest BCUT2D eigenvalue weighted by Crippen LogP contribution is -2.68. The first-order valence-electron chi connectivity index (χ1n) is 12.8. The predicted octanol–water partition coefficient (Wildman–Crippen LogP) is 5.74. The average molecular weight is 512 g/mol. The molecule has 4 heteroatoms. The van der Waals surface area contributed by atoms with E-state index in [-0.39, 0.29) is 5.78 Å². The van der Waals surface area contributed by atoms with Crippen LogP contribution in [0, 0.1) is 0 Å². The lowest BCUT2D eigenvalue weighted by Gasteiger charge is -2.30. The number of carbonyl (C=O) groups excluding carboxylic acids is 1. The molecule has 5 aromatic carbocycles. The second-order valence-corrected chi connectivity index (χ2v) is 12.3. The van der Waals surface area contributed by atoms with Gasteiger partial charge < -0.3 is 4.53 Å². The van der Waals surface area contributed by atoms with Gasteiger partial charge in [-0.15, -0.1) is 5.16 Å². The van der Waals surface area contributed by atoms with Crippen molar-refractivity contribution < 1.29 is 9.32 Å². The van der Waals surface area contributed by atoms with Crippen molar-refractivity contribution in [1.29, 1.82) is 0 Å². The summed E-state index contributed by atoms with van der Waals surface area (Å²) < 4.78 is 6.86. The van der Waals surface area contributed by atoms with Crippen molar-refractivity contribution in [3.8, 4) is 0 Å². The molecule has 0 saturated heterocycles. The molecule has 3 nitrogen and oxygen atoms in total. The van der Waals surface area contributed by atoms with Gasteiger partial charge >= 0.3 is 8.32 Å². The van der Waals surface area contributed by atoms with E-state index in [1.54, 1.807) is 0 Å². The topological polar surface area (TPSA) is 38.7 Å². The SMILES string of the molecule is O=C(CCC(=NO[Si](c1ccccc1)(c1ccccc1)c1ccccc1)c1ccccc1)c1ccccc1. The summed E-state index contributed by atoms with van der Waals surface area (Å²) in [6.45, 7) is 0. The van der Waals surface area contributed by atoms with Crippen LogP contribution in [0.25, 0.3) is 0 Å². The molecule has 0 fully saturated rings. The molecule has 5 aromatic rings. The first-order chi connectivity index (χ1) is 18.8. The van der Waals surface area contributed by atoms with E-state index in [2.05, 4.69) is 36.4 Å². The van der Waals surface area contributed by atoms with Crippen molar-refractivity contribution in [2.24, 2.45) is 5.16 Å². The van der Waals surface area contributed by atoms with Crippen LogP contribution < -0.4 is 15.6 Å². The van der Waals surface area contributed by atoms with E-state index >= 15 is 0 Å². The Kier molecular flexibility index (Phi) is 8.02. The number of oxime groups is 1. The van der Waals surface area contributed by atoms with Crippen LogP contribution in [0.15, 0.2) is 157 Å². The summed E-state index contributed by atoms with van der Waals surface area (Å²) in [7, 11) is -3.01. The number of hydrogen-bond acceptors (Lipinski definition) is 3. The highest BCUT2D eigenvalue weighted by Crippen LogP contribution is 2.15. The largest absolute Gasteiger partial charge is 0.438 e. The summed E-state index contributed by atoms with van der Waals surface area (Å²) in [6, 6.07) is 50.5. The molecule has 0 N–H and O–H groups in total. The zero-order valence-corrected chi connectivity index (χ0v) is 22.1. The Bertz CT molecular complexity index is 1380. The molecule has 5 rings (SSSR count). The lowest BCUT2D eigenvalue weighted by molar-refractivity contribution is 0.0984. The molecule has 0 heterocycles. The standard InChI is InChI=1S/C34H29NO2Si/c36-34(29-18-8-2-9-19-29)27-26-33(28-16-6-1-7-17-28)35-37-38(30-20-10-3-11-21-30,31-22-12-4-13-23-31)32-24-14-5-15-25-32/h1-25H,26-27H2. The number of hydrogen-bond donors (Lipinski definition) is 0. The molecule has 0 spiro atoms. The van der Waals surface area contributed by atoms with Gasteiger partial charge in [-0.25, -0.2) is 0 Å². The third-order valence-electron chi connectivity index (χ3n) is 6.63. The zero-order chi connectivity index (χ0) is 26.0. The Balaban J connectivity index is 1.59. The Hall–Kier alpha value is -4.54. The summed E-state index contributed by atoms with van der Waals surface area (Å²) in [5.41, 5.74) is 2.42. The monoisotopic (exact) mass is 511 g/mol. The van der Waals surface area contributed by atoms with E-state index in [4.69, 9.17) is 9.68 Å². The Morgan fingerprint density at radius 1 is 0.500 bits per heavy atom. The van der Waals surface area contributed by atoms with Gasteiger partial charge in [-0.2, -0.15) is 0 Å². The molecular formula is C34H29NO2Si. The van der Waals surface area contributed by atoms with Gasteiger partial charge in [0.15, 0.2) is 5.78 Å². The van der Waals surface area contributed by atoms with Crippen molar-refractivity contribution in [1.82, 2.24) is 0 Å². The van der Waals surface area contributed by atoms with Crippen LogP contribution in [0.1, 0.15) is 28.8 Å². The number of carbonyl (C=O) groups is 1. The minimum absolute atomic E-state index is 0.0897. The highest BCUT2D eigenvalue weighted by molar-refractivity contribution is 7.07. The first-order valence-corrected chi connectivity index (χ1v) is 14.7. The van der Waals surface area contributed by atoms with E-state index in [9.17, 15) is 4.79 Å². The van der Waals surface area contributed by atoms with E-state index in [0.29, 0.717) is 18.4 Å². The van der Waals surface area contributed by atoms with Crippen LogP contribution in [-0.2, 0) is 4.53 Å². The molecule has 0 aliphatic heterocycles. The van der Waals surface area contributed by atoms with Gasteiger partial charge in [0.2, 0.25) is 0 Å². The smallest absolute Gasteiger partial charge is 0.380 e. The second-order valence-electron chi connectivity index (χ2n) is 9.06. The lowest BCUT2D eigenvalue weighted by atomic mass is 10.0. The molecule has 0 aliphatic rings. The maximum atomic E-state index is 13.0. The van der Waals surface area contributed by atoms with Crippen LogP contribution in [-0.4, -0.2) is 19.8 Å². The predicted molar refractivity (Wildman–Crippen MR) is 158 cm³/mol. The summed E-state index contributed by atoms with van der Waals surface area (Å²) in [5, 5.41) is 8.20. The quantitative estimate of drug-likeness (QED) is 0.0789. The fraction of sp³-hybridized carbons (Fsp3) is 0.0588. The number of nitrogens with zero attached hydrogens (tertiary/aromatic N) is 1. The molecule has 0 saturated carbocycles. The van der Waals surface area contributed by atoms with Crippen LogP contribution >= 0.6 is 0 Å².